The molecule has 3 aromatic rings. The van der Waals surface area contributed by atoms with Gasteiger partial charge >= 0.3 is 0 Å². The standard InChI is InChI=1S/C35H45N5O4/c1-2-3-23-44-31-12-9-29(10-13-31)34(41)37-30-11-14-33(32(26-30)35(42)36-15-16-38-21-24-43-25-22-38)40-19-17-39(18-20-40)27-28-7-5-4-6-8-28/h4-14,26H,2-3,15-25,27H2,1H3,(H,36,42)(H,37,41). The van der Waals surface area contributed by atoms with Crippen molar-refractivity contribution in [3.63, 3.8) is 0 Å². The van der Waals surface area contributed by atoms with E-state index in [0.717, 1.165) is 89.9 Å². The van der Waals surface area contributed by atoms with E-state index in [1.807, 2.05) is 30.3 Å². The number of rotatable bonds is 13. The van der Waals surface area contributed by atoms with Crippen molar-refractivity contribution >= 4 is 23.2 Å². The Kier molecular flexibility index (Phi) is 11.6. The van der Waals surface area contributed by atoms with Crippen molar-refractivity contribution in [2.75, 3.05) is 82.4 Å². The van der Waals surface area contributed by atoms with Gasteiger partial charge in [-0.25, -0.2) is 0 Å². The van der Waals surface area contributed by atoms with E-state index in [9.17, 15) is 9.59 Å². The molecule has 2 aliphatic heterocycles. The molecule has 2 fully saturated rings. The Morgan fingerprint density at radius 3 is 2.32 bits per heavy atom. The van der Waals surface area contributed by atoms with Gasteiger partial charge in [0.15, 0.2) is 0 Å². The molecule has 0 bridgehead atoms. The van der Waals surface area contributed by atoms with E-state index >= 15 is 0 Å². The van der Waals surface area contributed by atoms with Crippen LogP contribution < -0.4 is 20.3 Å². The maximum absolute atomic E-state index is 13.6. The van der Waals surface area contributed by atoms with Crippen LogP contribution >= 0.6 is 0 Å². The summed E-state index contributed by atoms with van der Waals surface area (Å²) in [5, 5.41) is 6.11. The molecule has 2 heterocycles. The largest absolute Gasteiger partial charge is 0.494 e. The molecule has 2 N–H and O–H groups in total. The smallest absolute Gasteiger partial charge is 0.255 e. The van der Waals surface area contributed by atoms with Gasteiger partial charge in [-0.2, -0.15) is 0 Å². The van der Waals surface area contributed by atoms with Crippen molar-refractivity contribution in [3.8, 4) is 5.75 Å². The summed E-state index contributed by atoms with van der Waals surface area (Å²) < 4.78 is 11.2. The fourth-order valence-corrected chi connectivity index (χ4v) is 5.55. The summed E-state index contributed by atoms with van der Waals surface area (Å²) in [4.78, 5) is 33.7. The molecule has 9 nitrogen and oxygen atoms in total. The third kappa shape index (κ3) is 9.05. The lowest BCUT2D eigenvalue weighted by atomic mass is 10.1. The first kappa shape index (κ1) is 31.5. The number of hydrogen-bond donors (Lipinski definition) is 2. The summed E-state index contributed by atoms with van der Waals surface area (Å²) in [6.45, 7) is 11.7. The van der Waals surface area contributed by atoms with Gasteiger partial charge in [0, 0.05) is 75.8 Å². The summed E-state index contributed by atoms with van der Waals surface area (Å²) in [7, 11) is 0. The molecular formula is C35H45N5O4. The van der Waals surface area contributed by atoms with Gasteiger partial charge in [0.2, 0.25) is 0 Å². The SMILES string of the molecule is CCCCOc1ccc(C(=O)Nc2ccc(N3CCN(Cc4ccccc4)CC3)c(C(=O)NCCN3CCOCC3)c2)cc1. The van der Waals surface area contributed by atoms with Crippen molar-refractivity contribution in [1.82, 2.24) is 15.1 Å². The van der Waals surface area contributed by atoms with Crippen molar-refractivity contribution in [2.45, 2.75) is 26.3 Å². The number of anilines is 2. The van der Waals surface area contributed by atoms with Gasteiger partial charge < -0.3 is 25.0 Å². The molecule has 0 saturated carbocycles. The fourth-order valence-electron chi connectivity index (χ4n) is 5.55. The highest BCUT2D eigenvalue weighted by Crippen LogP contribution is 2.27. The van der Waals surface area contributed by atoms with Crippen LogP contribution in [0.25, 0.3) is 0 Å². The molecule has 2 aliphatic rings. The predicted molar refractivity (Wildman–Crippen MR) is 175 cm³/mol. The van der Waals surface area contributed by atoms with E-state index in [4.69, 9.17) is 9.47 Å². The third-order valence-corrected chi connectivity index (χ3v) is 8.16. The molecule has 0 unspecified atom stereocenters. The average molecular weight is 600 g/mol. The summed E-state index contributed by atoms with van der Waals surface area (Å²) in [5.74, 6) is 0.384. The lowest BCUT2D eigenvalue weighted by Crippen LogP contribution is -2.46. The molecule has 0 aromatic heterocycles. The maximum Gasteiger partial charge on any atom is 0.255 e. The quantitative estimate of drug-likeness (QED) is 0.280. The minimum absolute atomic E-state index is 0.135. The molecule has 0 spiro atoms. The Morgan fingerprint density at radius 2 is 1.59 bits per heavy atom. The molecule has 0 atom stereocenters. The van der Waals surface area contributed by atoms with Crippen molar-refractivity contribution in [2.24, 2.45) is 0 Å². The van der Waals surface area contributed by atoms with Crippen LogP contribution in [0.2, 0.25) is 0 Å². The first-order valence-corrected chi connectivity index (χ1v) is 15.9. The number of carbonyl (C=O) groups excluding carboxylic acids is 2. The number of amides is 2. The maximum atomic E-state index is 13.6. The lowest BCUT2D eigenvalue weighted by molar-refractivity contribution is 0.0383. The second kappa shape index (κ2) is 16.2. The molecule has 44 heavy (non-hydrogen) atoms. The molecule has 5 rings (SSSR count). The summed E-state index contributed by atoms with van der Waals surface area (Å²) in [5.41, 5.74) is 3.88. The number of ether oxygens (including phenoxy) is 2. The molecule has 9 heteroatoms. The van der Waals surface area contributed by atoms with E-state index < -0.39 is 0 Å². The second-order valence-electron chi connectivity index (χ2n) is 11.4. The number of nitrogens with zero attached hydrogens (tertiary/aromatic N) is 3. The van der Waals surface area contributed by atoms with Crippen LogP contribution in [-0.4, -0.2) is 93.8 Å². The molecule has 2 saturated heterocycles. The number of unbranched alkanes of at least 4 members (excludes halogenated alkanes) is 1. The topological polar surface area (TPSA) is 86.4 Å². The Morgan fingerprint density at radius 1 is 0.841 bits per heavy atom. The zero-order valence-corrected chi connectivity index (χ0v) is 25.8. The summed E-state index contributed by atoms with van der Waals surface area (Å²) >= 11 is 0. The van der Waals surface area contributed by atoms with Crippen LogP contribution in [0.3, 0.4) is 0 Å². The highest BCUT2D eigenvalue weighted by Gasteiger charge is 2.23. The van der Waals surface area contributed by atoms with Crippen LogP contribution in [-0.2, 0) is 11.3 Å². The number of piperazine rings is 1. The lowest BCUT2D eigenvalue weighted by Gasteiger charge is -2.37. The van der Waals surface area contributed by atoms with Gasteiger partial charge in [0.1, 0.15) is 5.75 Å². The van der Waals surface area contributed by atoms with Crippen LogP contribution in [0.1, 0.15) is 46.0 Å². The van der Waals surface area contributed by atoms with Crippen LogP contribution in [0.5, 0.6) is 5.75 Å². The highest BCUT2D eigenvalue weighted by atomic mass is 16.5. The van der Waals surface area contributed by atoms with E-state index in [1.165, 1.54) is 5.56 Å². The number of hydrogen-bond acceptors (Lipinski definition) is 7. The second-order valence-corrected chi connectivity index (χ2v) is 11.4. The average Bonchev–Trinajstić information content (AvgIpc) is 3.06. The molecule has 0 radical (unpaired) electrons. The van der Waals surface area contributed by atoms with E-state index in [0.29, 0.717) is 30.0 Å². The fraction of sp³-hybridized carbons (Fsp3) is 0.429. The van der Waals surface area contributed by atoms with Crippen LogP contribution in [0.15, 0.2) is 72.8 Å². The summed E-state index contributed by atoms with van der Waals surface area (Å²) in [6.07, 6.45) is 2.06. The Bertz CT molecular complexity index is 1340. The van der Waals surface area contributed by atoms with Gasteiger partial charge in [0.05, 0.1) is 25.4 Å². The van der Waals surface area contributed by atoms with Gasteiger partial charge in [0.25, 0.3) is 11.8 Å². The van der Waals surface area contributed by atoms with E-state index in [2.05, 4.69) is 56.5 Å². The first-order valence-electron chi connectivity index (χ1n) is 15.9. The van der Waals surface area contributed by atoms with E-state index in [-0.39, 0.29) is 11.8 Å². The predicted octanol–water partition coefficient (Wildman–Crippen LogP) is 4.50. The van der Waals surface area contributed by atoms with Crippen molar-refractivity contribution in [1.29, 1.82) is 0 Å². The van der Waals surface area contributed by atoms with Gasteiger partial charge in [-0.1, -0.05) is 43.7 Å². The van der Waals surface area contributed by atoms with Gasteiger partial charge in [-0.3, -0.25) is 19.4 Å². The molecule has 3 aromatic carbocycles. The highest BCUT2D eigenvalue weighted by molar-refractivity contribution is 6.06. The summed E-state index contributed by atoms with van der Waals surface area (Å²) in [6, 6.07) is 23.3. The monoisotopic (exact) mass is 599 g/mol. The van der Waals surface area contributed by atoms with Crippen molar-refractivity contribution < 1.29 is 19.1 Å². The number of nitrogens with one attached hydrogen (secondary N) is 2. The number of benzene rings is 3. The van der Waals surface area contributed by atoms with E-state index in [1.54, 1.807) is 18.2 Å². The van der Waals surface area contributed by atoms with Crippen molar-refractivity contribution in [3.05, 3.63) is 89.5 Å². The van der Waals surface area contributed by atoms with Gasteiger partial charge in [-0.05, 0) is 54.4 Å². The van der Waals surface area contributed by atoms with Crippen LogP contribution in [0, 0.1) is 0 Å². The molecular weight excluding hydrogens is 554 g/mol. The van der Waals surface area contributed by atoms with Gasteiger partial charge in [-0.15, -0.1) is 0 Å². The minimum atomic E-state index is -0.230. The minimum Gasteiger partial charge on any atom is -0.494 e. The third-order valence-electron chi connectivity index (χ3n) is 8.16. The number of morpholine rings is 1. The Balaban J connectivity index is 1.25. The first-order chi connectivity index (χ1) is 21.6. The normalized spacial score (nSPS) is 16.0. The molecule has 234 valence electrons. The zero-order valence-electron chi connectivity index (χ0n) is 25.8. The van der Waals surface area contributed by atoms with Crippen LogP contribution in [0.4, 0.5) is 11.4 Å². The zero-order chi connectivity index (χ0) is 30.6. The molecule has 0 aliphatic carbocycles. The number of carbonyl (C=O) groups is 2. The molecule has 2 amide bonds. The Labute approximate surface area is 261 Å². The Hall–Kier alpha value is -3.92.